The smallest absolute Gasteiger partial charge is 0.339 e. The van der Waals surface area contributed by atoms with E-state index in [1.54, 1.807) is 0 Å². The molecule has 0 saturated carbocycles. The highest BCUT2D eigenvalue weighted by molar-refractivity contribution is 7.19. The van der Waals surface area contributed by atoms with Crippen LogP contribution in [0.25, 0.3) is 21.3 Å². The molecule has 2 aromatic heterocycles. The maximum atomic E-state index is 13.5. The van der Waals surface area contributed by atoms with E-state index in [-0.39, 0.29) is 10.7 Å². The zero-order valence-electron chi connectivity index (χ0n) is 14.5. The van der Waals surface area contributed by atoms with Gasteiger partial charge in [-0.1, -0.05) is 41.9 Å². The SMILES string of the molecule is Cc1sc2ncnc(Nc3ccc(Cl)cc3C(F)(F)F)c2c1-c1ccccc1. The molecule has 0 aliphatic rings. The Bertz CT molecular complexity index is 1160. The van der Waals surface area contributed by atoms with E-state index < -0.39 is 11.7 Å². The Morgan fingerprint density at radius 1 is 1.04 bits per heavy atom. The van der Waals surface area contributed by atoms with E-state index in [0.29, 0.717) is 16.0 Å². The second kappa shape index (κ2) is 7.07. The van der Waals surface area contributed by atoms with Crippen molar-refractivity contribution < 1.29 is 13.2 Å². The maximum absolute atomic E-state index is 13.5. The van der Waals surface area contributed by atoms with Crippen molar-refractivity contribution >= 4 is 44.7 Å². The molecule has 0 fully saturated rings. The molecule has 0 radical (unpaired) electrons. The average Bonchev–Trinajstić information content (AvgIpc) is 3.00. The number of benzene rings is 2. The average molecular weight is 420 g/mol. The first-order chi connectivity index (χ1) is 13.3. The summed E-state index contributed by atoms with van der Waals surface area (Å²) in [6.45, 7) is 1.96. The van der Waals surface area contributed by atoms with Crippen LogP contribution in [-0.2, 0) is 6.18 Å². The second-order valence-corrected chi connectivity index (χ2v) is 7.75. The molecule has 2 heterocycles. The van der Waals surface area contributed by atoms with Crippen LogP contribution in [0.5, 0.6) is 0 Å². The van der Waals surface area contributed by atoms with Crippen LogP contribution in [-0.4, -0.2) is 9.97 Å². The number of halogens is 4. The van der Waals surface area contributed by atoms with Crippen LogP contribution in [0.2, 0.25) is 5.02 Å². The van der Waals surface area contributed by atoms with Crippen LogP contribution in [0.15, 0.2) is 54.9 Å². The predicted octanol–water partition coefficient (Wildman–Crippen LogP) is 7.08. The Balaban J connectivity index is 1.90. The summed E-state index contributed by atoms with van der Waals surface area (Å²) < 4.78 is 40.4. The lowest BCUT2D eigenvalue weighted by molar-refractivity contribution is -0.136. The zero-order chi connectivity index (χ0) is 19.9. The van der Waals surface area contributed by atoms with Crippen molar-refractivity contribution in [1.29, 1.82) is 0 Å². The highest BCUT2D eigenvalue weighted by Gasteiger charge is 2.34. The van der Waals surface area contributed by atoms with Gasteiger partial charge in [0, 0.05) is 15.5 Å². The molecule has 8 heteroatoms. The molecule has 0 bridgehead atoms. The fourth-order valence-electron chi connectivity index (χ4n) is 3.08. The van der Waals surface area contributed by atoms with Gasteiger partial charge in [0.25, 0.3) is 0 Å². The minimum atomic E-state index is -4.55. The number of anilines is 2. The van der Waals surface area contributed by atoms with Crippen molar-refractivity contribution in [1.82, 2.24) is 9.97 Å². The van der Waals surface area contributed by atoms with Crippen LogP contribution >= 0.6 is 22.9 Å². The fourth-order valence-corrected chi connectivity index (χ4v) is 4.26. The standard InChI is InChI=1S/C20H13ClF3N3S/c1-11-16(12-5-3-2-4-6-12)17-18(25-10-26-19(17)28-11)27-15-8-7-13(21)9-14(15)20(22,23)24/h2-10H,1H3,(H,25,26,27). The molecular weight excluding hydrogens is 407 g/mol. The molecule has 3 nitrogen and oxygen atoms in total. The second-order valence-electron chi connectivity index (χ2n) is 6.11. The van der Waals surface area contributed by atoms with Crippen molar-refractivity contribution in [2.24, 2.45) is 0 Å². The lowest BCUT2D eigenvalue weighted by Crippen LogP contribution is -2.09. The van der Waals surface area contributed by atoms with E-state index in [1.165, 1.54) is 29.8 Å². The first-order valence-corrected chi connectivity index (χ1v) is 9.47. The minimum absolute atomic E-state index is 0.0158. The Morgan fingerprint density at radius 2 is 1.79 bits per heavy atom. The van der Waals surface area contributed by atoms with Gasteiger partial charge < -0.3 is 5.32 Å². The van der Waals surface area contributed by atoms with Crippen molar-refractivity contribution in [2.75, 3.05) is 5.32 Å². The molecule has 0 aliphatic carbocycles. The number of hydrogen-bond donors (Lipinski definition) is 1. The lowest BCUT2D eigenvalue weighted by atomic mass is 10.0. The number of hydrogen-bond acceptors (Lipinski definition) is 4. The molecule has 2 aromatic carbocycles. The number of rotatable bonds is 3. The van der Waals surface area contributed by atoms with Gasteiger partial charge in [0.15, 0.2) is 0 Å². The van der Waals surface area contributed by atoms with Crippen molar-refractivity contribution in [3.63, 3.8) is 0 Å². The van der Waals surface area contributed by atoms with Gasteiger partial charge in [-0.25, -0.2) is 9.97 Å². The number of alkyl halides is 3. The quantitative estimate of drug-likeness (QED) is 0.385. The summed E-state index contributed by atoms with van der Waals surface area (Å²) >= 11 is 7.25. The first kappa shape index (κ1) is 18.7. The summed E-state index contributed by atoms with van der Waals surface area (Å²) in [5, 5.41) is 3.56. The predicted molar refractivity (Wildman–Crippen MR) is 107 cm³/mol. The molecule has 0 spiro atoms. The molecule has 28 heavy (non-hydrogen) atoms. The number of nitrogens with zero attached hydrogens (tertiary/aromatic N) is 2. The third-order valence-electron chi connectivity index (χ3n) is 4.27. The van der Waals surface area contributed by atoms with E-state index in [9.17, 15) is 13.2 Å². The van der Waals surface area contributed by atoms with Crippen LogP contribution in [0.1, 0.15) is 10.4 Å². The monoisotopic (exact) mass is 419 g/mol. The van der Waals surface area contributed by atoms with Gasteiger partial charge in [-0.05, 0) is 30.7 Å². The Hall–Kier alpha value is -2.64. The molecule has 142 valence electrons. The van der Waals surface area contributed by atoms with E-state index in [2.05, 4.69) is 15.3 Å². The number of aryl methyl sites for hydroxylation is 1. The van der Waals surface area contributed by atoms with Gasteiger partial charge in [-0.15, -0.1) is 11.3 Å². The highest BCUT2D eigenvalue weighted by Crippen LogP contribution is 2.43. The van der Waals surface area contributed by atoms with Crippen molar-refractivity contribution in [2.45, 2.75) is 13.1 Å². The van der Waals surface area contributed by atoms with Crippen LogP contribution in [0.3, 0.4) is 0 Å². The van der Waals surface area contributed by atoms with Gasteiger partial charge in [-0.2, -0.15) is 13.2 Å². The molecule has 0 aliphatic heterocycles. The summed E-state index contributed by atoms with van der Waals surface area (Å²) in [4.78, 5) is 10.2. The van der Waals surface area contributed by atoms with E-state index >= 15 is 0 Å². The van der Waals surface area contributed by atoms with Crippen LogP contribution in [0.4, 0.5) is 24.7 Å². The largest absolute Gasteiger partial charge is 0.418 e. The Morgan fingerprint density at radius 3 is 2.50 bits per heavy atom. The molecule has 0 amide bonds. The summed E-state index contributed by atoms with van der Waals surface area (Å²) in [6, 6.07) is 13.3. The molecule has 0 saturated heterocycles. The molecule has 0 atom stereocenters. The van der Waals surface area contributed by atoms with Gasteiger partial charge >= 0.3 is 6.18 Å². The molecular formula is C20H13ClF3N3S. The molecule has 4 aromatic rings. The van der Waals surface area contributed by atoms with E-state index in [0.717, 1.165) is 22.1 Å². The fraction of sp³-hybridized carbons (Fsp3) is 0.100. The number of fused-ring (bicyclic) bond motifs is 1. The van der Waals surface area contributed by atoms with Crippen molar-refractivity contribution in [3.05, 3.63) is 70.3 Å². The summed E-state index contributed by atoms with van der Waals surface area (Å²) in [7, 11) is 0. The summed E-state index contributed by atoms with van der Waals surface area (Å²) in [5.41, 5.74) is 0.905. The topological polar surface area (TPSA) is 37.8 Å². The third kappa shape index (κ3) is 3.43. The highest BCUT2D eigenvalue weighted by atomic mass is 35.5. The Labute approximate surface area is 167 Å². The molecule has 0 unspecified atom stereocenters. The van der Waals surface area contributed by atoms with Crippen LogP contribution in [0, 0.1) is 6.92 Å². The van der Waals surface area contributed by atoms with Gasteiger partial charge in [0.1, 0.15) is 17.0 Å². The van der Waals surface area contributed by atoms with Gasteiger partial charge in [0.05, 0.1) is 16.6 Å². The Kier molecular flexibility index (Phi) is 4.72. The lowest BCUT2D eigenvalue weighted by Gasteiger charge is -2.15. The normalized spacial score (nSPS) is 11.8. The zero-order valence-corrected chi connectivity index (χ0v) is 16.1. The van der Waals surface area contributed by atoms with E-state index in [4.69, 9.17) is 11.6 Å². The maximum Gasteiger partial charge on any atom is 0.418 e. The summed E-state index contributed by atoms with van der Waals surface area (Å²) in [6.07, 6.45) is -3.20. The molecule has 1 N–H and O–H groups in total. The third-order valence-corrected chi connectivity index (χ3v) is 5.52. The van der Waals surface area contributed by atoms with Gasteiger partial charge in [-0.3, -0.25) is 0 Å². The van der Waals surface area contributed by atoms with Crippen LogP contribution < -0.4 is 5.32 Å². The minimum Gasteiger partial charge on any atom is -0.339 e. The number of aromatic nitrogens is 2. The van der Waals surface area contributed by atoms with Gasteiger partial charge in [0.2, 0.25) is 0 Å². The number of thiophene rings is 1. The number of nitrogens with one attached hydrogen (secondary N) is 1. The van der Waals surface area contributed by atoms with E-state index in [1.807, 2.05) is 37.3 Å². The first-order valence-electron chi connectivity index (χ1n) is 8.28. The summed E-state index contributed by atoms with van der Waals surface area (Å²) in [5.74, 6) is 0.320. The molecule has 4 rings (SSSR count). The van der Waals surface area contributed by atoms with Crippen molar-refractivity contribution in [3.8, 4) is 11.1 Å².